The Labute approximate surface area is 108 Å². The predicted octanol–water partition coefficient (Wildman–Crippen LogP) is 1.40. The van der Waals surface area contributed by atoms with Crippen molar-refractivity contribution in [2.45, 2.75) is 25.8 Å². The van der Waals surface area contributed by atoms with Crippen LogP contribution >= 0.6 is 0 Å². The zero-order valence-electron chi connectivity index (χ0n) is 11.1. The first-order valence-electron chi connectivity index (χ1n) is 6.41. The molecule has 98 valence electrons. The molecule has 1 aliphatic rings. The Morgan fingerprint density at radius 2 is 2.22 bits per heavy atom. The monoisotopic (exact) mass is 247 g/mol. The number of nitrogens with zero attached hydrogens (tertiary/aromatic N) is 1. The topological polar surface area (TPSA) is 58.4 Å². The van der Waals surface area contributed by atoms with Gasteiger partial charge in [-0.2, -0.15) is 0 Å². The Balaban J connectivity index is 2.02. The summed E-state index contributed by atoms with van der Waals surface area (Å²) in [5.41, 5.74) is 8.07. The van der Waals surface area contributed by atoms with Gasteiger partial charge in [-0.15, -0.1) is 0 Å². The maximum Gasteiger partial charge on any atom is 0.251 e. The molecule has 0 radical (unpaired) electrons. The lowest BCUT2D eigenvalue weighted by Gasteiger charge is -2.30. The lowest BCUT2D eigenvalue weighted by molar-refractivity contribution is 0.0912. The Hall–Kier alpha value is -1.55. The van der Waals surface area contributed by atoms with Gasteiger partial charge in [0.1, 0.15) is 0 Å². The highest BCUT2D eigenvalue weighted by molar-refractivity contribution is 5.95. The van der Waals surface area contributed by atoms with E-state index < -0.39 is 0 Å². The summed E-state index contributed by atoms with van der Waals surface area (Å²) in [6.07, 6.45) is 2.19. The van der Waals surface area contributed by atoms with E-state index in [9.17, 15) is 4.79 Å². The quantitative estimate of drug-likeness (QED) is 0.777. The van der Waals surface area contributed by atoms with Gasteiger partial charge in [0.15, 0.2) is 0 Å². The number of hydrogen-bond donors (Lipinski definition) is 2. The lowest BCUT2D eigenvalue weighted by atomic mass is 10.0. The molecule has 1 aromatic rings. The molecule has 2 rings (SSSR count). The number of benzene rings is 1. The van der Waals surface area contributed by atoms with Crippen LogP contribution < -0.4 is 11.1 Å². The van der Waals surface area contributed by atoms with Crippen molar-refractivity contribution in [3.63, 3.8) is 0 Å². The lowest BCUT2D eigenvalue weighted by Crippen LogP contribution is -2.46. The summed E-state index contributed by atoms with van der Waals surface area (Å²) in [5, 5.41) is 3.08. The molecule has 1 aliphatic heterocycles. The molecular weight excluding hydrogens is 226 g/mol. The molecule has 4 heteroatoms. The van der Waals surface area contributed by atoms with Gasteiger partial charge >= 0.3 is 0 Å². The summed E-state index contributed by atoms with van der Waals surface area (Å²) in [6.45, 7) is 3.98. The number of likely N-dealkylation sites (tertiary alicyclic amines) is 1. The van der Waals surface area contributed by atoms with E-state index in [1.165, 1.54) is 0 Å². The molecule has 0 saturated carbocycles. The average molecular weight is 247 g/mol. The average Bonchev–Trinajstić information content (AvgIpc) is 2.27. The molecule has 1 atom stereocenters. The first kappa shape index (κ1) is 12.9. The van der Waals surface area contributed by atoms with E-state index in [-0.39, 0.29) is 11.9 Å². The predicted molar refractivity (Wildman–Crippen MR) is 73.6 cm³/mol. The second kappa shape index (κ2) is 5.40. The molecule has 4 nitrogen and oxygen atoms in total. The smallest absolute Gasteiger partial charge is 0.251 e. The maximum absolute atomic E-state index is 12.1. The SMILES string of the molecule is Cc1cc(N)cc(C(=O)NC2CCCN(C)C2)c1. The largest absolute Gasteiger partial charge is 0.399 e. The van der Waals surface area contributed by atoms with Crippen LogP contribution in [0.25, 0.3) is 0 Å². The van der Waals surface area contributed by atoms with Gasteiger partial charge in [0.05, 0.1) is 0 Å². The highest BCUT2D eigenvalue weighted by Gasteiger charge is 2.19. The van der Waals surface area contributed by atoms with Crippen LogP contribution in [0.3, 0.4) is 0 Å². The fourth-order valence-corrected chi connectivity index (χ4v) is 2.50. The molecule has 0 bridgehead atoms. The summed E-state index contributed by atoms with van der Waals surface area (Å²) in [6, 6.07) is 5.72. The number of hydrogen-bond acceptors (Lipinski definition) is 3. The maximum atomic E-state index is 12.1. The van der Waals surface area contributed by atoms with Gasteiger partial charge in [0.2, 0.25) is 0 Å². The van der Waals surface area contributed by atoms with Gasteiger partial charge in [0.25, 0.3) is 5.91 Å². The van der Waals surface area contributed by atoms with Crippen LogP contribution in [0.1, 0.15) is 28.8 Å². The zero-order valence-corrected chi connectivity index (χ0v) is 11.1. The van der Waals surface area contributed by atoms with Crippen LogP contribution in [0, 0.1) is 6.92 Å². The van der Waals surface area contributed by atoms with Crippen molar-refractivity contribution in [2.24, 2.45) is 0 Å². The van der Waals surface area contributed by atoms with Gasteiger partial charge in [-0.05, 0) is 57.1 Å². The van der Waals surface area contributed by atoms with Crippen molar-refractivity contribution in [3.8, 4) is 0 Å². The standard InChI is InChI=1S/C14H21N3O/c1-10-6-11(8-12(15)7-10)14(18)16-13-4-3-5-17(2)9-13/h6-8,13H,3-5,9,15H2,1-2H3,(H,16,18). The number of nitrogen functional groups attached to an aromatic ring is 1. The third-order valence-corrected chi connectivity index (χ3v) is 3.32. The molecule has 3 N–H and O–H groups in total. The van der Waals surface area contributed by atoms with Crippen molar-refractivity contribution in [1.82, 2.24) is 10.2 Å². The Morgan fingerprint density at radius 1 is 1.44 bits per heavy atom. The summed E-state index contributed by atoms with van der Waals surface area (Å²) in [4.78, 5) is 14.4. The van der Waals surface area contributed by atoms with E-state index in [1.54, 1.807) is 6.07 Å². The number of aryl methyl sites for hydroxylation is 1. The molecule has 0 aromatic heterocycles. The van der Waals surface area contributed by atoms with E-state index in [2.05, 4.69) is 17.3 Å². The normalized spacial score (nSPS) is 20.7. The number of nitrogens with two attached hydrogens (primary N) is 1. The molecule has 1 aromatic carbocycles. The molecule has 1 unspecified atom stereocenters. The van der Waals surface area contributed by atoms with Crippen LogP contribution in [0.2, 0.25) is 0 Å². The van der Waals surface area contributed by atoms with Gasteiger partial charge < -0.3 is 16.0 Å². The van der Waals surface area contributed by atoms with Crippen LogP contribution in [0.5, 0.6) is 0 Å². The number of piperidine rings is 1. The zero-order chi connectivity index (χ0) is 13.1. The minimum atomic E-state index is -0.0225. The Bertz CT molecular complexity index is 424. The Morgan fingerprint density at radius 3 is 2.89 bits per heavy atom. The fraction of sp³-hybridized carbons (Fsp3) is 0.500. The molecule has 1 amide bonds. The summed E-state index contributed by atoms with van der Waals surface area (Å²) in [5.74, 6) is -0.0225. The third kappa shape index (κ3) is 3.23. The molecule has 1 saturated heterocycles. The van der Waals surface area contributed by atoms with E-state index in [0.717, 1.165) is 31.5 Å². The molecule has 1 heterocycles. The summed E-state index contributed by atoms with van der Waals surface area (Å²) in [7, 11) is 2.09. The third-order valence-electron chi connectivity index (χ3n) is 3.32. The number of carbonyl (C=O) groups excluding carboxylic acids is 1. The number of rotatable bonds is 2. The second-order valence-corrected chi connectivity index (χ2v) is 5.21. The van der Waals surface area contributed by atoms with Crippen molar-refractivity contribution < 1.29 is 4.79 Å². The molecule has 18 heavy (non-hydrogen) atoms. The highest BCUT2D eigenvalue weighted by Crippen LogP contribution is 2.13. The minimum absolute atomic E-state index is 0.0225. The van der Waals surface area contributed by atoms with E-state index in [4.69, 9.17) is 5.73 Å². The van der Waals surface area contributed by atoms with Gasteiger partial charge in [-0.25, -0.2) is 0 Å². The van der Waals surface area contributed by atoms with E-state index in [0.29, 0.717) is 11.3 Å². The van der Waals surface area contributed by atoms with Crippen molar-refractivity contribution in [3.05, 3.63) is 29.3 Å². The van der Waals surface area contributed by atoms with Crippen LogP contribution in [-0.4, -0.2) is 37.0 Å². The van der Waals surface area contributed by atoms with Gasteiger partial charge in [-0.1, -0.05) is 0 Å². The number of nitrogens with one attached hydrogen (secondary N) is 1. The second-order valence-electron chi connectivity index (χ2n) is 5.21. The fourth-order valence-electron chi connectivity index (χ4n) is 2.50. The van der Waals surface area contributed by atoms with Crippen LogP contribution in [0.15, 0.2) is 18.2 Å². The molecule has 0 aliphatic carbocycles. The van der Waals surface area contributed by atoms with Crippen LogP contribution in [0.4, 0.5) is 5.69 Å². The van der Waals surface area contributed by atoms with E-state index in [1.807, 2.05) is 19.1 Å². The Kier molecular flexibility index (Phi) is 3.87. The van der Waals surface area contributed by atoms with Crippen molar-refractivity contribution in [2.75, 3.05) is 25.9 Å². The van der Waals surface area contributed by atoms with Gasteiger partial charge in [0, 0.05) is 23.8 Å². The van der Waals surface area contributed by atoms with Crippen molar-refractivity contribution >= 4 is 11.6 Å². The first-order chi connectivity index (χ1) is 8.54. The highest BCUT2D eigenvalue weighted by atomic mass is 16.1. The number of carbonyl (C=O) groups is 1. The number of anilines is 1. The van der Waals surface area contributed by atoms with Gasteiger partial charge in [-0.3, -0.25) is 4.79 Å². The first-order valence-corrected chi connectivity index (χ1v) is 6.41. The minimum Gasteiger partial charge on any atom is -0.399 e. The molecule has 1 fully saturated rings. The summed E-state index contributed by atoms with van der Waals surface area (Å²) >= 11 is 0. The van der Waals surface area contributed by atoms with Crippen molar-refractivity contribution in [1.29, 1.82) is 0 Å². The molecule has 0 spiro atoms. The number of amides is 1. The summed E-state index contributed by atoms with van der Waals surface area (Å²) < 4.78 is 0. The van der Waals surface area contributed by atoms with E-state index >= 15 is 0 Å². The number of likely N-dealkylation sites (N-methyl/N-ethyl adjacent to an activating group) is 1. The molecular formula is C14H21N3O. The van der Waals surface area contributed by atoms with Crippen LogP contribution in [-0.2, 0) is 0 Å².